The van der Waals surface area contributed by atoms with Gasteiger partial charge in [-0.25, -0.2) is 0 Å². The van der Waals surface area contributed by atoms with Crippen LogP contribution in [0.5, 0.6) is 0 Å². The number of hydrogen-bond donors (Lipinski definition) is 0. The van der Waals surface area contributed by atoms with Gasteiger partial charge in [-0.3, -0.25) is 0 Å². The van der Waals surface area contributed by atoms with E-state index in [1.165, 1.54) is 82.1 Å². The summed E-state index contributed by atoms with van der Waals surface area (Å²) in [6, 6.07) is 43.0. The monoisotopic (exact) mass is 513 g/mol. The Labute approximate surface area is 234 Å². The fourth-order valence-electron chi connectivity index (χ4n) is 6.75. The molecule has 192 valence electrons. The van der Waals surface area contributed by atoms with Crippen LogP contribution in [0.1, 0.15) is 31.9 Å². The van der Waals surface area contributed by atoms with E-state index in [0.717, 1.165) is 0 Å². The highest BCUT2D eigenvalue weighted by Gasteiger charge is 2.19. The van der Waals surface area contributed by atoms with E-state index in [2.05, 4.69) is 148 Å². The van der Waals surface area contributed by atoms with Gasteiger partial charge in [0.05, 0.1) is 11.0 Å². The first kappa shape index (κ1) is 23.3. The Morgan fingerprint density at radius 3 is 1.70 bits per heavy atom. The van der Waals surface area contributed by atoms with E-state index in [1.807, 2.05) is 0 Å². The Balaban J connectivity index is 1.33. The summed E-state index contributed by atoms with van der Waals surface area (Å²) in [5.74, 6) is 0. The van der Waals surface area contributed by atoms with Crippen molar-refractivity contribution in [3.63, 3.8) is 0 Å². The average Bonchev–Trinajstić information content (AvgIpc) is 3.30. The highest BCUT2D eigenvalue weighted by atomic mass is 15.0. The molecule has 0 aliphatic rings. The molecule has 1 aromatic heterocycles. The van der Waals surface area contributed by atoms with Gasteiger partial charge in [-0.2, -0.15) is 0 Å². The maximum absolute atomic E-state index is 2.39. The summed E-state index contributed by atoms with van der Waals surface area (Å²) in [5.41, 5.74) is 9.04. The van der Waals surface area contributed by atoms with E-state index in [4.69, 9.17) is 0 Å². The van der Waals surface area contributed by atoms with Crippen LogP contribution in [0.4, 0.5) is 0 Å². The van der Waals surface area contributed by atoms with Gasteiger partial charge in [0.15, 0.2) is 0 Å². The quantitative estimate of drug-likeness (QED) is 0.203. The van der Waals surface area contributed by atoms with Gasteiger partial charge in [-0.05, 0) is 91.2 Å². The topological polar surface area (TPSA) is 4.93 Å². The van der Waals surface area contributed by atoms with E-state index in [0.29, 0.717) is 0 Å². The molecule has 0 aliphatic carbocycles. The van der Waals surface area contributed by atoms with E-state index in [9.17, 15) is 0 Å². The van der Waals surface area contributed by atoms with Crippen LogP contribution in [-0.4, -0.2) is 4.57 Å². The molecule has 0 aliphatic heterocycles. The van der Waals surface area contributed by atoms with Crippen LogP contribution in [0.15, 0.2) is 115 Å². The standard InChI is InChI=1S/C39H31N/c1-24-21-34(33-20-16-27-23-28(39(2,3)4)22-26-15-19-30(24)38(33)37(26)27)25-13-17-29(18-14-25)40-35-11-7-5-9-31(35)32-10-6-8-12-36(32)40/h5-23H,1-4H3. The summed E-state index contributed by atoms with van der Waals surface area (Å²) < 4.78 is 2.39. The molecule has 0 unspecified atom stereocenters. The third kappa shape index (κ3) is 3.27. The van der Waals surface area contributed by atoms with Crippen LogP contribution >= 0.6 is 0 Å². The van der Waals surface area contributed by atoms with Gasteiger partial charge < -0.3 is 4.57 Å². The summed E-state index contributed by atoms with van der Waals surface area (Å²) in [4.78, 5) is 0. The summed E-state index contributed by atoms with van der Waals surface area (Å²) in [5, 5.41) is 10.7. The molecule has 0 N–H and O–H groups in total. The molecule has 1 nitrogen and oxygen atoms in total. The minimum absolute atomic E-state index is 0.115. The van der Waals surface area contributed by atoms with Crippen molar-refractivity contribution in [3.8, 4) is 16.8 Å². The first-order valence-corrected chi connectivity index (χ1v) is 14.2. The van der Waals surface area contributed by atoms with E-state index in [-0.39, 0.29) is 5.41 Å². The number of benzene rings is 7. The first-order valence-electron chi connectivity index (χ1n) is 14.2. The molecular formula is C39H31N. The van der Waals surface area contributed by atoms with Crippen molar-refractivity contribution in [1.29, 1.82) is 0 Å². The fourth-order valence-corrected chi connectivity index (χ4v) is 6.75. The number of aromatic nitrogens is 1. The SMILES string of the molecule is Cc1cc(-c2ccc(-n3c4ccccc4c4ccccc43)cc2)c2ccc3cc(C(C)(C)C)cc4ccc1c2c43. The molecule has 8 aromatic rings. The van der Waals surface area contributed by atoms with Crippen molar-refractivity contribution in [1.82, 2.24) is 4.57 Å². The lowest BCUT2D eigenvalue weighted by Gasteiger charge is -2.22. The highest BCUT2D eigenvalue weighted by molar-refractivity contribution is 6.26. The van der Waals surface area contributed by atoms with Crippen molar-refractivity contribution >= 4 is 54.1 Å². The van der Waals surface area contributed by atoms with E-state index >= 15 is 0 Å². The summed E-state index contributed by atoms with van der Waals surface area (Å²) in [7, 11) is 0. The predicted molar refractivity (Wildman–Crippen MR) is 173 cm³/mol. The fraction of sp³-hybridized carbons (Fsp3) is 0.128. The molecule has 40 heavy (non-hydrogen) atoms. The lowest BCUT2D eigenvalue weighted by Crippen LogP contribution is -2.10. The van der Waals surface area contributed by atoms with Crippen molar-refractivity contribution in [2.45, 2.75) is 33.1 Å². The Hall–Kier alpha value is -4.62. The minimum atomic E-state index is 0.115. The number of rotatable bonds is 2. The predicted octanol–water partition coefficient (Wildman–Crippen LogP) is 11.0. The molecule has 0 saturated carbocycles. The third-order valence-electron chi connectivity index (χ3n) is 8.81. The second-order valence-corrected chi connectivity index (χ2v) is 12.3. The van der Waals surface area contributed by atoms with Gasteiger partial charge in [0.1, 0.15) is 0 Å². The molecule has 0 radical (unpaired) electrons. The number of para-hydroxylation sites is 2. The van der Waals surface area contributed by atoms with Gasteiger partial charge in [0.25, 0.3) is 0 Å². The Morgan fingerprint density at radius 1 is 0.525 bits per heavy atom. The maximum atomic E-state index is 2.39. The molecule has 8 rings (SSSR count). The number of hydrogen-bond acceptors (Lipinski definition) is 0. The number of nitrogens with zero attached hydrogens (tertiary/aromatic N) is 1. The van der Waals surface area contributed by atoms with Gasteiger partial charge >= 0.3 is 0 Å². The normalized spacial score (nSPS) is 12.5. The van der Waals surface area contributed by atoms with Crippen LogP contribution in [0.2, 0.25) is 0 Å². The van der Waals surface area contributed by atoms with Gasteiger partial charge in [-0.1, -0.05) is 112 Å². The lowest BCUT2D eigenvalue weighted by molar-refractivity contribution is 0.591. The van der Waals surface area contributed by atoms with Crippen molar-refractivity contribution < 1.29 is 0 Å². The number of fused-ring (bicyclic) bond motifs is 3. The zero-order valence-corrected chi connectivity index (χ0v) is 23.4. The number of aryl methyl sites for hydroxylation is 1. The molecule has 7 aromatic carbocycles. The van der Waals surface area contributed by atoms with Crippen LogP contribution in [0.25, 0.3) is 70.9 Å². The lowest BCUT2D eigenvalue weighted by atomic mass is 9.82. The molecule has 0 amide bonds. The second-order valence-electron chi connectivity index (χ2n) is 12.3. The molecule has 1 heterocycles. The Kier molecular flexibility index (Phi) is 4.77. The molecule has 0 bridgehead atoms. The smallest absolute Gasteiger partial charge is 0.0541 e. The third-order valence-corrected chi connectivity index (χ3v) is 8.81. The van der Waals surface area contributed by atoms with Crippen LogP contribution in [-0.2, 0) is 5.41 Å². The van der Waals surface area contributed by atoms with Gasteiger partial charge in [-0.15, -0.1) is 0 Å². The zero-order valence-electron chi connectivity index (χ0n) is 23.4. The largest absolute Gasteiger partial charge is 0.309 e. The summed E-state index contributed by atoms with van der Waals surface area (Å²) in [6.07, 6.45) is 0. The molecule has 0 spiro atoms. The highest BCUT2D eigenvalue weighted by Crippen LogP contribution is 2.42. The van der Waals surface area contributed by atoms with E-state index < -0.39 is 0 Å². The average molecular weight is 514 g/mol. The molecular weight excluding hydrogens is 482 g/mol. The second kappa shape index (κ2) is 8.19. The summed E-state index contributed by atoms with van der Waals surface area (Å²) >= 11 is 0. The van der Waals surface area contributed by atoms with Crippen LogP contribution < -0.4 is 0 Å². The zero-order chi connectivity index (χ0) is 27.2. The Morgan fingerprint density at radius 2 is 1.10 bits per heavy atom. The van der Waals surface area contributed by atoms with Crippen LogP contribution in [0.3, 0.4) is 0 Å². The maximum Gasteiger partial charge on any atom is 0.0541 e. The molecule has 0 saturated heterocycles. The van der Waals surface area contributed by atoms with Crippen LogP contribution in [0, 0.1) is 6.92 Å². The van der Waals surface area contributed by atoms with Gasteiger partial charge in [0.2, 0.25) is 0 Å². The minimum Gasteiger partial charge on any atom is -0.309 e. The Bertz CT molecular complexity index is 2170. The van der Waals surface area contributed by atoms with Crippen molar-refractivity contribution in [3.05, 3.63) is 126 Å². The van der Waals surface area contributed by atoms with Crippen molar-refractivity contribution in [2.24, 2.45) is 0 Å². The molecule has 0 atom stereocenters. The van der Waals surface area contributed by atoms with Crippen molar-refractivity contribution in [2.75, 3.05) is 0 Å². The first-order chi connectivity index (χ1) is 19.4. The molecule has 1 heteroatoms. The summed E-state index contributed by atoms with van der Waals surface area (Å²) in [6.45, 7) is 9.14. The van der Waals surface area contributed by atoms with E-state index in [1.54, 1.807) is 0 Å². The molecule has 0 fully saturated rings. The van der Waals surface area contributed by atoms with Gasteiger partial charge in [0, 0.05) is 16.5 Å².